The number of benzene rings is 1. The van der Waals surface area contributed by atoms with Gasteiger partial charge in [-0.2, -0.15) is 0 Å². The van der Waals surface area contributed by atoms with Crippen LogP contribution in [0, 0.1) is 5.92 Å². The lowest BCUT2D eigenvalue weighted by Gasteiger charge is -2.15. The van der Waals surface area contributed by atoms with Crippen molar-refractivity contribution in [1.82, 2.24) is 0 Å². The van der Waals surface area contributed by atoms with Crippen molar-refractivity contribution in [2.24, 2.45) is 5.92 Å². The summed E-state index contributed by atoms with van der Waals surface area (Å²) in [6.07, 6.45) is 0. The SMILES string of the molecule is CC(C)C(SCCOc1cccc(Br)c1)C(=O)O. The van der Waals surface area contributed by atoms with Crippen LogP contribution in [0.1, 0.15) is 13.8 Å². The minimum Gasteiger partial charge on any atom is -0.493 e. The highest BCUT2D eigenvalue weighted by molar-refractivity contribution is 9.10. The summed E-state index contributed by atoms with van der Waals surface area (Å²) in [5.41, 5.74) is 0. The summed E-state index contributed by atoms with van der Waals surface area (Å²) in [5.74, 6) is 0.832. The maximum absolute atomic E-state index is 11.0. The van der Waals surface area contributed by atoms with Crippen molar-refractivity contribution >= 4 is 33.7 Å². The number of rotatable bonds is 7. The Hall–Kier alpha value is -0.680. The molecule has 0 bridgehead atoms. The van der Waals surface area contributed by atoms with Crippen LogP contribution in [0.2, 0.25) is 0 Å². The molecule has 1 aromatic rings. The highest BCUT2D eigenvalue weighted by Gasteiger charge is 2.21. The van der Waals surface area contributed by atoms with E-state index in [0.717, 1.165) is 10.2 Å². The van der Waals surface area contributed by atoms with Gasteiger partial charge in [-0.1, -0.05) is 35.8 Å². The summed E-state index contributed by atoms with van der Waals surface area (Å²) in [7, 11) is 0. The van der Waals surface area contributed by atoms with Crippen LogP contribution >= 0.6 is 27.7 Å². The van der Waals surface area contributed by atoms with Gasteiger partial charge >= 0.3 is 5.97 Å². The Bertz CT molecular complexity index is 396. The lowest BCUT2D eigenvalue weighted by Crippen LogP contribution is -2.23. The summed E-state index contributed by atoms with van der Waals surface area (Å²) in [4.78, 5) is 11.0. The van der Waals surface area contributed by atoms with Gasteiger partial charge in [-0.25, -0.2) is 0 Å². The van der Waals surface area contributed by atoms with Crippen molar-refractivity contribution < 1.29 is 14.6 Å². The van der Waals surface area contributed by atoms with Crippen molar-refractivity contribution in [3.63, 3.8) is 0 Å². The Kier molecular flexibility index (Phi) is 6.57. The van der Waals surface area contributed by atoms with Crippen LogP contribution in [0.5, 0.6) is 5.75 Å². The average molecular weight is 333 g/mol. The second kappa shape index (κ2) is 7.69. The van der Waals surface area contributed by atoms with Gasteiger partial charge in [-0.3, -0.25) is 4.79 Å². The number of carbonyl (C=O) groups is 1. The van der Waals surface area contributed by atoms with Crippen LogP contribution < -0.4 is 4.74 Å². The molecule has 1 unspecified atom stereocenters. The van der Waals surface area contributed by atoms with E-state index in [-0.39, 0.29) is 11.2 Å². The third-order valence-corrected chi connectivity index (χ3v) is 4.30. The summed E-state index contributed by atoms with van der Waals surface area (Å²) >= 11 is 4.79. The zero-order valence-corrected chi connectivity index (χ0v) is 12.8. The van der Waals surface area contributed by atoms with Crippen molar-refractivity contribution in [2.75, 3.05) is 12.4 Å². The van der Waals surface area contributed by atoms with E-state index in [1.54, 1.807) is 0 Å². The van der Waals surface area contributed by atoms with E-state index in [9.17, 15) is 4.79 Å². The van der Waals surface area contributed by atoms with Crippen LogP contribution in [0.15, 0.2) is 28.7 Å². The van der Waals surface area contributed by atoms with Crippen molar-refractivity contribution in [3.8, 4) is 5.75 Å². The molecule has 1 aromatic carbocycles. The topological polar surface area (TPSA) is 46.5 Å². The maximum Gasteiger partial charge on any atom is 0.316 e. The van der Waals surface area contributed by atoms with Gasteiger partial charge in [0.25, 0.3) is 0 Å². The van der Waals surface area contributed by atoms with E-state index in [4.69, 9.17) is 9.84 Å². The quantitative estimate of drug-likeness (QED) is 0.774. The van der Waals surface area contributed by atoms with E-state index < -0.39 is 5.97 Å². The molecule has 1 N–H and O–H groups in total. The molecule has 0 saturated carbocycles. The second-order valence-electron chi connectivity index (χ2n) is 4.18. The molecular formula is C13H17BrO3S. The molecule has 100 valence electrons. The van der Waals surface area contributed by atoms with Gasteiger partial charge in [-0.15, -0.1) is 11.8 Å². The molecule has 0 spiro atoms. The Morgan fingerprint density at radius 3 is 2.78 bits per heavy atom. The van der Waals surface area contributed by atoms with Crippen LogP contribution in [-0.2, 0) is 4.79 Å². The minimum atomic E-state index is -0.752. The van der Waals surface area contributed by atoms with Crippen LogP contribution in [0.25, 0.3) is 0 Å². The molecule has 0 saturated heterocycles. The van der Waals surface area contributed by atoms with E-state index in [2.05, 4.69) is 15.9 Å². The predicted octanol–water partition coefficient (Wildman–Crippen LogP) is 3.67. The van der Waals surface area contributed by atoms with Crippen molar-refractivity contribution in [2.45, 2.75) is 19.1 Å². The fourth-order valence-corrected chi connectivity index (χ4v) is 2.78. The average Bonchev–Trinajstić information content (AvgIpc) is 2.27. The van der Waals surface area contributed by atoms with Gasteiger partial charge in [0, 0.05) is 10.2 Å². The molecule has 0 aliphatic carbocycles. The van der Waals surface area contributed by atoms with Gasteiger partial charge in [-0.05, 0) is 24.1 Å². The lowest BCUT2D eigenvalue weighted by molar-refractivity contribution is -0.137. The first-order chi connectivity index (χ1) is 8.50. The Balaban J connectivity index is 2.32. The second-order valence-corrected chi connectivity index (χ2v) is 6.34. The molecule has 1 atom stereocenters. The minimum absolute atomic E-state index is 0.123. The van der Waals surface area contributed by atoms with Gasteiger partial charge < -0.3 is 9.84 Å². The molecule has 0 amide bonds. The standard InChI is InChI=1S/C13H17BrO3S/c1-9(2)12(13(15)16)18-7-6-17-11-5-3-4-10(14)8-11/h3-5,8-9,12H,6-7H2,1-2H3,(H,15,16). The highest BCUT2D eigenvalue weighted by atomic mass is 79.9. The summed E-state index contributed by atoms with van der Waals surface area (Å²) in [6.45, 7) is 4.35. The molecule has 0 radical (unpaired) electrons. The predicted molar refractivity (Wildman–Crippen MR) is 78.4 cm³/mol. The van der Waals surface area contributed by atoms with E-state index >= 15 is 0 Å². The van der Waals surface area contributed by atoms with Gasteiger partial charge in [0.2, 0.25) is 0 Å². The third-order valence-electron chi connectivity index (χ3n) is 2.29. The number of halogens is 1. The van der Waals surface area contributed by atoms with Gasteiger partial charge in [0.1, 0.15) is 11.0 Å². The maximum atomic E-state index is 11.0. The first-order valence-electron chi connectivity index (χ1n) is 5.73. The normalized spacial score (nSPS) is 12.4. The lowest BCUT2D eigenvalue weighted by atomic mass is 10.1. The fraction of sp³-hybridized carbons (Fsp3) is 0.462. The molecule has 0 aliphatic rings. The fourth-order valence-electron chi connectivity index (χ4n) is 1.44. The Labute approximate surface area is 120 Å². The molecule has 0 aliphatic heterocycles. The summed E-state index contributed by atoms with van der Waals surface area (Å²) in [6, 6.07) is 7.61. The zero-order valence-electron chi connectivity index (χ0n) is 10.4. The summed E-state index contributed by atoms with van der Waals surface area (Å²) in [5, 5.41) is 8.66. The van der Waals surface area contributed by atoms with Crippen molar-refractivity contribution in [3.05, 3.63) is 28.7 Å². The number of hydrogen-bond acceptors (Lipinski definition) is 3. The first-order valence-corrected chi connectivity index (χ1v) is 7.57. The third kappa shape index (κ3) is 5.31. The molecule has 1 rings (SSSR count). The molecular weight excluding hydrogens is 316 g/mol. The molecule has 5 heteroatoms. The zero-order chi connectivity index (χ0) is 13.5. The van der Waals surface area contributed by atoms with Crippen LogP contribution in [0.3, 0.4) is 0 Å². The largest absolute Gasteiger partial charge is 0.493 e. The van der Waals surface area contributed by atoms with Gasteiger partial charge in [0.05, 0.1) is 6.61 Å². The van der Waals surface area contributed by atoms with E-state index in [1.165, 1.54) is 11.8 Å². The number of ether oxygens (including phenoxy) is 1. The highest BCUT2D eigenvalue weighted by Crippen LogP contribution is 2.21. The monoisotopic (exact) mass is 332 g/mol. The molecule has 18 heavy (non-hydrogen) atoms. The number of hydrogen-bond donors (Lipinski definition) is 1. The Morgan fingerprint density at radius 2 is 2.22 bits per heavy atom. The van der Waals surface area contributed by atoms with E-state index in [0.29, 0.717) is 12.4 Å². The van der Waals surface area contributed by atoms with Crippen LogP contribution in [-0.4, -0.2) is 28.7 Å². The van der Waals surface area contributed by atoms with Crippen molar-refractivity contribution in [1.29, 1.82) is 0 Å². The van der Waals surface area contributed by atoms with E-state index in [1.807, 2.05) is 38.1 Å². The smallest absolute Gasteiger partial charge is 0.316 e. The number of thioether (sulfide) groups is 1. The molecule has 0 heterocycles. The number of carboxylic acids is 1. The summed E-state index contributed by atoms with van der Waals surface area (Å²) < 4.78 is 6.52. The number of carboxylic acid groups (broad SMARTS) is 1. The Morgan fingerprint density at radius 1 is 1.50 bits per heavy atom. The van der Waals surface area contributed by atoms with Gasteiger partial charge in [0.15, 0.2) is 0 Å². The molecule has 0 aromatic heterocycles. The first kappa shape index (κ1) is 15.4. The number of aliphatic carboxylic acids is 1. The molecule has 3 nitrogen and oxygen atoms in total. The van der Waals surface area contributed by atoms with Crippen LogP contribution in [0.4, 0.5) is 0 Å². The molecule has 0 fully saturated rings.